The molecule has 5 nitrogen and oxygen atoms in total. The average Bonchev–Trinajstić information content (AvgIpc) is 2.68. The van der Waals surface area contributed by atoms with Crippen LogP contribution in [0.25, 0.3) is 0 Å². The van der Waals surface area contributed by atoms with Gasteiger partial charge in [-0.25, -0.2) is 0 Å². The van der Waals surface area contributed by atoms with Gasteiger partial charge in [0.05, 0.1) is 25.0 Å². The molecule has 2 aromatic carbocycles. The minimum atomic E-state index is -1.13. The third-order valence-electron chi connectivity index (χ3n) is 4.12. The van der Waals surface area contributed by atoms with Crippen LogP contribution in [0, 0.1) is 0 Å². The Labute approximate surface area is 167 Å². The molecule has 2 rings (SSSR count). The molecule has 0 N–H and O–H groups in total. The average molecular weight is 410 g/mol. The number of hydrogen-bond acceptors (Lipinski definition) is 4. The first-order valence-electron chi connectivity index (χ1n) is 8.53. The molecule has 0 saturated carbocycles. The van der Waals surface area contributed by atoms with E-state index >= 15 is 0 Å². The molecule has 27 heavy (non-hydrogen) atoms. The maximum atomic E-state index is 12.4. The summed E-state index contributed by atoms with van der Waals surface area (Å²) in [6, 6.07) is 12.5. The molecule has 0 aliphatic heterocycles. The van der Waals surface area contributed by atoms with Gasteiger partial charge in [-0.1, -0.05) is 11.6 Å². The van der Waals surface area contributed by atoms with Gasteiger partial charge >= 0.3 is 0 Å². The van der Waals surface area contributed by atoms with E-state index < -0.39 is 10.8 Å². The van der Waals surface area contributed by atoms with Crippen molar-refractivity contribution in [3.8, 4) is 11.5 Å². The Hall–Kier alpha value is -2.05. The lowest BCUT2D eigenvalue weighted by Gasteiger charge is -2.19. The van der Waals surface area contributed by atoms with E-state index in [2.05, 4.69) is 0 Å². The number of benzene rings is 2. The Morgan fingerprint density at radius 1 is 1.11 bits per heavy atom. The molecule has 2 aromatic rings. The zero-order valence-electron chi connectivity index (χ0n) is 15.7. The van der Waals surface area contributed by atoms with Crippen LogP contribution in [0.4, 0.5) is 0 Å². The number of carbonyl (C=O) groups excluding carboxylic acids is 1. The zero-order valence-corrected chi connectivity index (χ0v) is 17.3. The van der Waals surface area contributed by atoms with Crippen molar-refractivity contribution in [2.75, 3.05) is 27.0 Å². The summed E-state index contributed by atoms with van der Waals surface area (Å²) in [5.41, 5.74) is 0.850. The fraction of sp³-hybridized carbons (Fsp3) is 0.350. The van der Waals surface area contributed by atoms with Gasteiger partial charge in [0, 0.05) is 41.2 Å². The van der Waals surface area contributed by atoms with Gasteiger partial charge in [-0.15, -0.1) is 0 Å². The smallest absolute Gasteiger partial charge is 0.222 e. The monoisotopic (exact) mass is 409 g/mol. The first-order valence-corrected chi connectivity index (χ1v) is 10.2. The van der Waals surface area contributed by atoms with Crippen LogP contribution in [0.15, 0.2) is 47.4 Å². The molecule has 7 heteroatoms. The standard InChI is InChI=1S/C20H24ClNO4S/c1-22(14-15-13-16(21)6-11-19(15)26-3)20(23)5-4-12-27(24)18-9-7-17(25-2)8-10-18/h6-11,13H,4-5,12,14H2,1-3H3. The van der Waals surface area contributed by atoms with Crippen LogP contribution in [0.1, 0.15) is 18.4 Å². The summed E-state index contributed by atoms with van der Waals surface area (Å²) in [5.74, 6) is 1.85. The lowest BCUT2D eigenvalue weighted by molar-refractivity contribution is -0.130. The molecule has 0 radical (unpaired) electrons. The summed E-state index contributed by atoms with van der Waals surface area (Å²) in [7, 11) is 3.78. The second-order valence-corrected chi connectivity index (χ2v) is 8.04. The van der Waals surface area contributed by atoms with Crippen molar-refractivity contribution in [1.29, 1.82) is 0 Å². The minimum absolute atomic E-state index is 0.0104. The lowest BCUT2D eigenvalue weighted by Crippen LogP contribution is -2.26. The summed E-state index contributed by atoms with van der Waals surface area (Å²) in [4.78, 5) is 14.7. The highest BCUT2D eigenvalue weighted by Crippen LogP contribution is 2.24. The van der Waals surface area contributed by atoms with Crippen LogP contribution in [-0.2, 0) is 22.1 Å². The number of ether oxygens (including phenoxy) is 2. The number of nitrogens with zero attached hydrogens (tertiary/aromatic N) is 1. The van der Waals surface area contributed by atoms with E-state index in [1.54, 1.807) is 68.6 Å². The molecule has 0 spiro atoms. The van der Waals surface area contributed by atoms with E-state index in [4.69, 9.17) is 21.1 Å². The largest absolute Gasteiger partial charge is 0.497 e. The minimum Gasteiger partial charge on any atom is -0.497 e. The molecule has 0 heterocycles. The topological polar surface area (TPSA) is 55.8 Å². The van der Waals surface area contributed by atoms with Crippen molar-refractivity contribution in [2.24, 2.45) is 0 Å². The van der Waals surface area contributed by atoms with E-state index in [1.807, 2.05) is 0 Å². The van der Waals surface area contributed by atoms with Crippen molar-refractivity contribution in [3.63, 3.8) is 0 Å². The fourth-order valence-electron chi connectivity index (χ4n) is 2.61. The summed E-state index contributed by atoms with van der Waals surface area (Å²) in [5, 5.41) is 0.599. The predicted molar refractivity (Wildman–Crippen MR) is 108 cm³/mol. The molecule has 1 atom stereocenters. The number of hydrogen-bond donors (Lipinski definition) is 0. The molecule has 146 valence electrons. The SMILES string of the molecule is COc1ccc(S(=O)CCCC(=O)N(C)Cc2cc(Cl)ccc2OC)cc1. The summed E-state index contributed by atoms with van der Waals surface area (Å²) < 4.78 is 22.7. The first kappa shape index (κ1) is 21.3. The second kappa shape index (κ2) is 10.3. The van der Waals surface area contributed by atoms with Crippen molar-refractivity contribution in [3.05, 3.63) is 53.1 Å². The summed E-state index contributed by atoms with van der Waals surface area (Å²) in [6.07, 6.45) is 0.885. The molecule has 0 saturated heterocycles. The molecule has 0 fully saturated rings. The molecule has 1 unspecified atom stereocenters. The highest BCUT2D eigenvalue weighted by atomic mass is 35.5. The molecular weight excluding hydrogens is 386 g/mol. The second-order valence-electron chi connectivity index (χ2n) is 6.03. The third-order valence-corrected chi connectivity index (χ3v) is 5.81. The van der Waals surface area contributed by atoms with Gasteiger partial charge in [-0.2, -0.15) is 0 Å². The van der Waals surface area contributed by atoms with Gasteiger partial charge in [0.25, 0.3) is 0 Å². The molecule has 1 amide bonds. The first-order chi connectivity index (χ1) is 12.9. The van der Waals surface area contributed by atoms with Gasteiger partial charge < -0.3 is 14.4 Å². The van der Waals surface area contributed by atoms with E-state index in [0.717, 1.165) is 16.2 Å². The summed E-state index contributed by atoms with van der Waals surface area (Å²) in [6.45, 7) is 0.407. The van der Waals surface area contributed by atoms with Crippen LogP contribution < -0.4 is 9.47 Å². The molecular formula is C20H24ClNO4S. The third kappa shape index (κ3) is 6.26. The number of carbonyl (C=O) groups is 1. The Morgan fingerprint density at radius 3 is 2.44 bits per heavy atom. The van der Waals surface area contributed by atoms with Crippen LogP contribution in [0.3, 0.4) is 0 Å². The van der Waals surface area contributed by atoms with Gasteiger partial charge in [0.2, 0.25) is 5.91 Å². The van der Waals surface area contributed by atoms with Gasteiger partial charge in [0.15, 0.2) is 0 Å². The van der Waals surface area contributed by atoms with Gasteiger partial charge in [0.1, 0.15) is 11.5 Å². The highest BCUT2D eigenvalue weighted by molar-refractivity contribution is 7.85. The van der Waals surface area contributed by atoms with Crippen molar-refractivity contribution in [2.45, 2.75) is 24.3 Å². The van der Waals surface area contributed by atoms with Gasteiger partial charge in [-0.05, 0) is 48.9 Å². The Morgan fingerprint density at radius 2 is 1.81 bits per heavy atom. The molecule has 0 aliphatic carbocycles. The molecule has 0 aromatic heterocycles. The molecule has 0 aliphatic rings. The normalized spacial score (nSPS) is 11.7. The van der Waals surface area contributed by atoms with E-state index in [-0.39, 0.29) is 5.91 Å². The van der Waals surface area contributed by atoms with E-state index in [9.17, 15) is 9.00 Å². The zero-order chi connectivity index (χ0) is 19.8. The van der Waals surface area contributed by atoms with Crippen LogP contribution in [-0.4, -0.2) is 42.0 Å². The van der Waals surface area contributed by atoms with E-state index in [0.29, 0.717) is 35.9 Å². The Kier molecular flexibility index (Phi) is 8.13. The molecule has 0 bridgehead atoms. The van der Waals surface area contributed by atoms with Gasteiger partial charge in [-0.3, -0.25) is 9.00 Å². The lowest BCUT2D eigenvalue weighted by atomic mass is 10.2. The van der Waals surface area contributed by atoms with Crippen LogP contribution >= 0.6 is 11.6 Å². The number of rotatable bonds is 9. The van der Waals surface area contributed by atoms with Crippen molar-refractivity contribution < 1.29 is 18.5 Å². The highest BCUT2D eigenvalue weighted by Gasteiger charge is 2.13. The van der Waals surface area contributed by atoms with Crippen molar-refractivity contribution in [1.82, 2.24) is 4.90 Å². The van der Waals surface area contributed by atoms with Crippen LogP contribution in [0.2, 0.25) is 5.02 Å². The van der Waals surface area contributed by atoms with Crippen LogP contribution in [0.5, 0.6) is 11.5 Å². The number of halogens is 1. The quantitative estimate of drug-likeness (QED) is 0.630. The maximum Gasteiger partial charge on any atom is 0.222 e. The summed E-state index contributed by atoms with van der Waals surface area (Å²) >= 11 is 6.03. The number of amides is 1. The predicted octanol–water partition coefficient (Wildman–Crippen LogP) is 3.90. The fourth-order valence-corrected chi connectivity index (χ4v) is 3.88. The van der Waals surface area contributed by atoms with E-state index in [1.165, 1.54) is 0 Å². The maximum absolute atomic E-state index is 12.4. The number of methoxy groups -OCH3 is 2. The Bertz CT molecular complexity index is 795. The van der Waals surface area contributed by atoms with Crippen molar-refractivity contribution >= 4 is 28.3 Å². The Balaban J connectivity index is 1.84.